The van der Waals surface area contributed by atoms with Crippen LogP contribution in [0.1, 0.15) is 24.1 Å². The molecule has 0 aliphatic carbocycles. The summed E-state index contributed by atoms with van der Waals surface area (Å²) in [6.45, 7) is 3.17. The van der Waals surface area contributed by atoms with E-state index in [4.69, 9.17) is 4.74 Å². The number of rotatable bonds is 5. The number of nitrogens with one attached hydrogen (secondary N) is 1. The molecule has 150 valence electrons. The zero-order chi connectivity index (χ0) is 20.5. The highest BCUT2D eigenvalue weighted by Gasteiger charge is 2.42. The lowest BCUT2D eigenvalue weighted by Crippen LogP contribution is -2.45. The Morgan fingerprint density at radius 1 is 1.10 bits per heavy atom. The Bertz CT molecular complexity index is 970. The highest BCUT2D eigenvalue weighted by Crippen LogP contribution is 2.36. The molecule has 0 bridgehead atoms. The van der Waals surface area contributed by atoms with Crippen molar-refractivity contribution in [1.29, 1.82) is 0 Å². The molecule has 0 saturated heterocycles. The summed E-state index contributed by atoms with van der Waals surface area (Å²) in [6.07, 6.45) is 0. The van der Waals surface area contributed by atoms with Crippen molar-refractivity contribution >= 4 is 11.9 Å². The minimum Gasteiger partial charge on any atom is -0.494 e. The van der Waals surface area contributed by atoms with E-state index in [0.717, 1.165) is 16.9 Å². The second-order valence-electron chi connectivity index (χ2n) is 7.09. The Morgan fingerprint density at radius 2 is 1.79 bits per heavy atom. The van der Waals surface area contributed by atoms with E-state index in [1.54, 1.807) is 24.1 Å². The molecule has 7 heteroatoms. The van der Waals surface area contributed by atoms with E-state index in [1.807, 2.05) is 31.2 Å². The fraction of sp³-hybridized carbons (Fsp3) is 0.273. The number of nitrogens with zero attached hydrogens (tertiary/aromatic N) is 2. The molecule has 2 aromatic carbocycles. The van der Waals surface area contributed by atoms with Gasteiger partial charge in [0.15, 0.2) is 0 Å². The maximum Gasteiger partial charge on any atom is 0.322 e. The van der Waals surface area contributed by atoms with Crippen LogP contribution in [0.15, 0.2) is 59.8 Å². The Balaban J connectivity index is 1.62. The maximum atomic E-state index is 13.2. The van der Waals surface area contributed by atoms with Crippen molar-refractivity contribution in [3.05, 3.63) is 76.7 Å². The molecule has 2 heterocycles. The number of amides is 3. The summed E-state index contributed by atoms with van der Waals surface area (Å²) in [7, 11) is 1.66. The van der Waals surface area contributed by atoms with Crippen molar-refractivity contribution in [2.45, 2.75) is 19.5 Å². The van der Waals surface area contributed by atoms with Gasteiger partial charge in [-0.05, 0) is 42.3 Å². The number of halogens is 1. The van der Waals surface area contributed by atoms with Crippen LogP contribution >= 0.6 is 0 Å². The van der Waals surface area contributed by atoms with Gasteiger partial charge in [0.25, 0.3) is 5.91 Å². The average Bonchev–Trinajstić information content (AvgIpc) is 3.04. The summed E-state index contributed by atoms with van der Waals surface area (Å²) in [4.78, 5) is 28.9. The van der Waals surface area contributed by atoms with Crippen LogP contribution in [0.3, 0.4) is 0 Å². The van der Waals surface area contributed by atoms with Gasteiger partial charge in [0.1, 0.15) is 11.6 Å². The SMILES string of the molecule is CCOc1ccc(C2NC(=O)N(C)C3=C2C(=O)N(Cc2ccc(F)cc2)C3)cc1. The molecule has 0 radical (unpaired) electrons. The van der Waals surface area contributed by atoms with Gasteiger partial charge in [-0.3, -0.25) is 9.69 Å². The minimum atomic E-state index is -0.518. The quantitative estimate of drug-likeness (QED) is 0.846. The van der Waals surface area contributed by atoms with Crippen LogP contribution < -0.4 is 10.1 Å². The zero-order valence-corrected chi connectivity index (χ0v) is 16.3. The van der Waals surface area contributed by atoms with Gasteiger partial charge in [0.05, 0.1) is 30.5 Å². The van der Waals surface area contributed by atoms with Gasteiger partial charge in [-0.15, -0.1) is 0 Å². The molecule has 0 saturated carbocycles. The Morgan fingerprint density at radius 3 is 2.45 bits per heavy atom. The second kappa shape index (κ2) is 7.58. The van der Waals surface area contributed by atoms with Crippen LogP contribution in [0.2, 0.25) is 0 Å². The van der Waals surface area contributed by atoms with Crippen LogP contribution in [0.5, 0.6) is 5.75 Å². The lowest BCUT2D eigenvalue weighted by molar-refractivity contribution is -0.126. The third-order valence-corrected chi connectivity index (χ3v) is 5.25. The highest BCUT2D eigenvalue weighted by atomic mass is 19.1. The normalized spacial score (nSPS) is 18.8. The average molecular weight is 395 g/mol. The number of hydrogen-bond donors (Lipinski definition) is 1. The molecular weight excluding hydrogens is 373 g/mol. The molecule has 2 aliphatic heterocycles. The molecule has 1 atom stereocenters. The molecule has 1 unspecified atom stereocenters. The fourth-order valence-corrected chi connectivity index (χ4v) is 3.73. The topological polar surface area (TPSA) is 61.9 Å². The molecule has 6 nitrogen and oxygen atoms in total. The third kappa shape index (κ3) is 3.55. The second-order valence-corrected chi connectivity index (χ2v) is 7.09. The van der Waals surface area contributed by atoms with E-state index in [2.05, 4.69) is 5.32 Å². The number of carbonyl (C=O) groups is 2. The first-order valence-electron chi connectivity index (χ1n) is 9.51. The van der Waals surface area contributed by atoms with Crippen LogP contribution in [0.25, 0.3) is 0 Å². The fourth-order valence-electron chi connectivity index (χ4n) is 3.73. The first-order valence-corrected chi connectivity index (χ1v) is 9.51. The van der Waals surface area contributed by atoms with Crippen molar-refractivity contribution in [2.75, 3.05) is 20.2 Å². The summed E-state index contributed by atoms with van der Waals surface area (Å²) < 4.78 is 18.7. The molecule has 1 N–H and O–H groups in total. The molecule has 0 fully saturated rings. The number of likely N-dealkylation sites (N-methyl/N-ethyl adjacent to an activating group) is 1. The number of ether oxygens (including phenoxy) is 1. The summed E-state index contributed by atoms with van der Waals surface area (Å²) in [5.41, 5.74) is 2.91. The molecule has 0 aromatic heterocycles. The van der Waals surface area contributed by atoms with Crippen molar-refractivity contribution in [3.8, 4) is 5.75 Å². The minimum absolute atomic E-state index is 0.130. The highest BCUT2D eigenvalue weighted by molar-refractivity contribution is 6.01. The number of hydrogen-bond acceptors (Lipinski definition) is 3. The van der Waals surface area contributed by atoms with Gasteiger partial charge in [-0.1, -0.05) is 24.3 Å². The first-order chi connectivity index (χ1) is 14.0. The number of urea groups is 1. The van der Waals surface area contributed by atoms with Crippen molar-refractivity contribution in [2.24, 2.45) is 0 Å². The Kier molecular flexibility index (Phi) is 4.96. The van der Waals surface area contributed by atoms with Gasteiger partial charge >= 0.3 is 6.03 Å². The standard InChI is InChI=1S/C22H22FN3O3/c1-3-29-17-10-6-15(7-11-17)20-19-18(25(2)22(28)24-20)13-26(21(19)27)12-14-4-8-16(23)9-5-14/h4-11,20H,3,12-13H2,1-2H3,(H,24,28). The summed E-state index contributed by atoms with van der Waals surface area (Å²) in [5, 5.41) is 2.92. The van der Waals surface area contributed by atoms with Gasteiger partial charge in [-0.25, -0.2) is 9.18 Å². The van der Waals surface area contributed by atoms with E-state index in [1.165, 1.54) is 17.0 Å². The summed E-state index contributed by atoms with van der Waals surface area (Å²) in [5.74, 6) is 0.291. The van der Waals surface area contributed by atoms with Crippen molar-refractivity contribution in [3.63, 3.8) is 0 Å². The monoisotopic (exact) mass is 395 g/mol. The van der Waals surface area contributed by atoms with E-state index >= 15 is 0 Å². The van der Waals surface area contributed by atoms with Gasteiger partial charge in [-0.2, -0.15) is 0 Å². The summed E-state index contributed by atoms with van der Waals surface area (Å²) in [6, 6.07) is 12.7. The predicted octanol–water partition coefficient (Wildman–Crippen LogP) is 3.22. The first kappa shape index (κ1) is 19.0. The smallest absolute Gasteiger partial charge is 0.322 e. The lowest BCUT2D eigenvalue weighted by Gasteiger charge is -2.31. The van der Waals surface area contributed by atoms with Crippen LogP contribution in [-0.2, 0) is 11.3 Å². The van der Waals surface area contributed by atoms with Crippen molar-refractivity contribution in [1.82, 2.24) is 15.1 Å². The Labute approximate surface area is 168 Å². The number of benzene rings is 2. The van der Waals surface area contributed by atoms with Gasteiger partial charge in [0, 0.05) is 13.6 Å². The molecule has 0 spiro atoms. The Hall–Kier alpha value is -3.35. The molecule has 4 rings (SSSR count). The molecule has 29 heavy (non-hydrogen) atoms. The molecule has 3 amide bonds. The lowest BCUT2D eigenvalue weighted by atomic mass is 9.95. The third-order valence-electron chi connectivity index (χ3n) is 5.25. The van der Waals surface area contributed by atoms with Crippen LogP contribution in [0.4, 0.5) is 9.18 Å². The summed E-state index contributed by atoms with van der Waals surface area (Å²) >= 11 is 0. The van der Waals surface area contributed by atoms with E-state index in [0.29, 0.717) is 31.0 Å². The van der Waals surface area contributed by atoms with Crippen LogP contribution in [-0.4, -0.2) is 41.9 Å². The predicted molar refractivity (Wildman–Crippen MR) is 105 cm³/mol. The molecule has 2 aromatic rings. The van der Waals surface area contributed by atoms with E-state index < -0.39 is 6.04 Å². The van der Waals surface area contributed by atoms with E-state index in [9.17, 15) is 14.0 Å². The molecule has 2 aliphatic rings. The van der Waals surface area contributed by atoms with Gasteiger partial charge in [0.2, 0.25) is 0 Å². The maximum absolute atomic E-state index is 13.2. The van der Waals surface area contributed by atoms with Crippen molar-refractivity contribution < 1.29 is 18.7 Å². The van der Waals surface area contributed by atoms with Gasteiger partial charge < -0.3 is 15.0 Å². The van der Waals surface area contributed by atoms with E-state index in [-0.39, 0.29) is 17.8 Å². The zero-order valence-electron chi connectivity index (χ0n) is 16.3. The largest absolute Gasteiger partial charge is 0.494 e. The number of carbonyl (C=O) groups excluding carboxylic acids is 2. The van der Waals surface area contributed by atoms with Crippen LogP contribution in [0, 0.1) is 5.82 Å². The molecular formula is C22H22FN3O3.